The van der Waals surface area contributed by atoms with Crippen molar-refractivity contribution < 1.29 is 4.79 Å². The van der Waals surface area contributed by atoms with Crippen LogP contribution in [0.1, 0.15) is 13.3 Å². The van der Waals surface area contributed by atoms with E-state index < -0.39 is 0 Å². The molecule has 2 amide bonds. The van der Waals surface area contributed by atoms with Crippen LogP contribution in [-0.4, -0.2) is 22.5 Å². The molecule has 2 rings (SSSR count). The lowest BCUT2D eigenvalue weighted by atomic mass is 10.2. The maximum atomic E-state index is 11.4. The zero-order valence-electron chi connectivity index (χ0n) is 10.0. The van der Waals surface area contributed by atoms with E-state index in [9.17, 15) is 4.79 Å². The third kappa shape index (κ3) is 3.27. The summed E-state index contributed by atoms with van der Waals surface area (Å²) in [6, 6.07) is 3.57. The van der Waals surface area contributed by atoms with E-state index in [1.54, 1.807) is 12.4 Å². The maximum Gasteiger partial charge on any atom is 0.321 e. The van der Waals surface area contributed by atoms with Crippen LogP contribution in [0.4, 0.5) is 9.93 Å². The number of pyridine rings is 1. The first-order valence-electron chi connectivity index (χ1n) is 5.70. The number of urea groups is 1. The molecule has 5 nitrogen and oxygen atoms in total. The summed E-state index contributed by atoms with van der Waals surface area (Å²) in [6.07, 6.45) is 4.37. The number of carbonyl (C=O) groups is 1. The van der Waals surface area contributed by atoms with Crippen LogP contribution < -0.4 is 10.6 Å². The number of thiazole rings is 1. The minimum absolute atomic E-state index is 0.219. The minimum Gasteiger partial charge on any atom is -0.338 e. The molecule has 0 aliphatic heterocycles. The Balaban J connectivity index is 2.00. The average Bonchev–Trinajstić information content (AvgIpc) is 2.86. The van der Waals surface area contributed by atoms with E-state index >= 15 is 0 Å². The van der Waals surface area contributed by atoms with Crippen LogP contribution in [0.25, 0.3) is 11.3 Å². The van der Waals surface area contributed by atoms with E-state index in [1.807, 2.05) is 24.4 Å². The van der Waals surface area contributed by atoms with Crippen molar-refractivity contribution in [3.63, 3.8) is 0 Å². The van der Waals surface area contributed by atoms with Gasteiger partial charge in [0.25, 0.3) is 0 Å². The summed E-state index contributed by atoms with van der Waals surface area (Å²) in [4.78, 5) is 19.8. The van der Waals surface area contributed by atoms with Gasteiger partial charge in [-0.05, 0) is 18.6 Å². The number of anilines is 1. The number of nitrogens with one attached hydrogen (secondary N) is 2. The minimum atomic E-state index is -0.219. The number of hydrogen-bond acceptors (Lipinski definition) is 4. The molecule has 0 spiro atoms. The largest absolute Gasteiger partial charge is 0.338 e. The Bertz CT molecular complexity index is 512. The Morgan fingerprint density at radius 1 is 1.50 bits per heavy atom. The normalized spacial score (nSPS) is 10.1. The van der Waals surface area contributed by atoms with Gasteiger partial charge in [0, 0.05) is 29.9 Å². The quantitative estimate of drug-likeness (QED) is 0.890. The topological polar surface area (TPSA) is 66.9 Å². The van der Waals surface area contributed by atoms with E-state index in [0.717, 1.165) is 17.7 Å². The van der Waals surface area contributed by atoms with E-state index in [-0.39, 0.29) is 6.03 Å². The SMILES string of the molecule is CCCNC(=O)Nc1nc(-c2cccnc2)cs1. The van der Waals surface area contributed by atoms with Crippen LogP contribution in [0.15, 0.2) is 29.9 Å². The van der Waals surface area contributed by atoms with Crippen LogP contribution >= 0.6 is 11.3 Å². The third-order valence-corrected chi connectivity index (χ3v) is 2.98. The fourth-order valence-corrected chi connectivity index (χ4v) is 2.07. The Hall–Kier alpha value is -1.95. The Morgan fingerprint density at radius 2 is 2.39 bits per heavy atom. The number of aromatic nitrogens is 2. The van der Waals surface area contributed by atoms with Crippen molar-refractivity contribution >= 4 is 22.5 Å². The molecular weight excluding hydrogens is 248 g/mol. The van der Waals surface area contributed by atoms with E-state index in [0.29, 0.717) is 11.7 Å². The first-order chi connectivity index (χ1) is 8.79. The molecule has 0 aliphatic rings. The highest BCUT2D eigenvalue weighted by Gasteiger charge is 2.07. The van der Waals surface area contributed by atoms with Crippen molar-refractivity contribution in [2.24, 2.45) is 0 Å². The fourth-order valence-electron chi connectivity index (χ4n) is 1.36. The Morgan fingerprint density at radius 3 is 3.11 bits per heavy atom. The van der Waals surface area contributed by atoms with Gasteiger partial charge in [0.15, 0.2) is 5.13 Å². The summed E-state index contributed by atoms with van der Waals surface area (Å²) in [5.74, 6) is 0. The second-order valence-corrected chi connectivity index (χ2v) is 4.52. The molecule has 0 atom stereocenters. The second kappa shape index (κ2) is 6.11. The van der Waals surface area contributed by atoms with Crippen LogP contribution in [-0.2, 0) is 0 Å². The molecular formula is C12H14N4OS. The molecule has 0 saturated carbocycles. The van der Waals surface area contributed by atoms with Gasteiger partial charge in [-0.1, -0.05) is 6.92 Å². The summed E-state index contributed by atoms with van der Waals surface area (Å²) >= 11 is 1.40. The number of carbonyl (C=O) groups excluding carboxylic acids is 1. The number of hydrogen-bond donors (Lipinski definition) is 2. The zero-order valence-corrected chi connectivity index (χ0v) is 10.8. The number of rotatable bonds is 4. The highest BCUT2D eigenvalue weighted by atomic mass is 32.1. The second-order valence-electron chi connectivity index (χ2n) is 3.66. The fraction of sp³-hybridized carbons (Fsp3) is 0.250. The molecule has 0 bridgehead atoms. The van der Waals surface area contributed by atoms with E-state index in [1.165, 1.54) is 11.3 Å². The lowest BCUT2D eigenvalue weighted by molar-refractivity contribution is 0.252. The lowest BCUT2D eigenvalue weighted by Gasteiger charge is -2.02. The highest BCUT2D eigenvalue weighted by molar-refractivity contribution is 7.14. The maximum absolute atomic E-state index is 11.4. The van der Waals surface area contributed by atoms with Gasteiger partial charge in [0.05, 0.1) is 5.69 Å². The molecule has 0 saturated heterocycles. The summed E-state index contributed by atoms with van der Waals surface area (Å²) in [6.45, 7) is 2.66. The van der Waals surface area contributed by atoms with Gasteiger partial charge in [0.2, 0.25) is 0 Å². The number of amides is 2. The van der Waals surface area contributed by atoms with Crippen molar-refractivity contribution in [3.8, 4) is 11.3 Å². The molecule has 0 fully saturated rings. The number of nitrogens with zero attached hydrogens (tertiary/aromatic N) is 2. The van der Waals surface area contributed by atoms with Crippen LogP contribution in [0.5, 0.6) is 0 Å². The molecule has 2 N–H and O–H groups in total. The van der Waals surface area contributed by atoms with E-state index in [2.05, 4.69) is 20.6 Å². The van der Waals surface area contributed by atoms with Crippen molar-refractivity contribution in [1.82, 2.24) is 15.3 Å². The smallest absolute Gasteiger partial charge is 0.321 e. The standard InChI is InChI=1S/C12H14N4OS/c1-2-5-14-11(17)16-12-15-10(8-18-12)9-4-3-6-13-7-9/h3-4,6-8H,2,5H2,1H3,(H2,14,15,16,17). The van der Waals surface area contributed by atoms with Crippen molar-refractivity contribution in [2.75, 3.05) is 11.9 Å². The first kappa shape index (κ1) is 12.5. The van der Waals surface area contributed by atoms with Gasteiger partial charge >= 0.3 is 6.03 Å². The van der Waals surface area contributed by atoms with Gasteiger partial charge in [-0.15, -0.1) is 11.3 Å². The van der Waals surface area contributed by atoms with Crippen LogP contribution in [0.3, 0.4) is 0 Å². The van der Waals surface area contributed by atoms with E-state index in [4.69, 9.17) is 0 Å². The first-order valence-corrected chi connectivity index (χ1v) is 6.58. The molecule has 0 aromatic carbocycles. The predicted octanol–water partition coefficient (Wildman–Crippen LogP) is 2.74. The summed E-state index contributed by atoms with van der Waals surface area (Å²) in [5, 5.41) is 7.92. The van der Waals surface area contributed by atoms with Crippen molar-refractivity contribution in [2.45, 2.75) is 13.3 Å². The van der Waals surface area contributed by atoms with Gasteiger partial charge < -0.3 is 5.32 Å². The zero-order chi connectivity index (χ0) is 12.8. The monoisotopic (exact) mass is 262 g/mol. The van der Waals surface area contributed by atoms with Gasteiger partial charge in [-0.3, -0.25) is 10.3 Å². The molecule has 18 heavy (non-hydrogen) atoms. The van der Waals surface area contributed by atoms with Gasteiger partial charge in [0.1, 0.15) is 0 Å². The molecule has 2 aromatic heterocycles. The summed E-state index contributed by atoms with van der Waals surface area (Å²) in [5.41, 5.74) is 1.76. The Kier molecular flexibility index (Phi) is 4.25. The van der Waals surface area contributed by atoms with Crippen molar-refractivity contribution in [3.05, 3.63) is 29.9 Å². The summed E-state index contributed by atoms with van der Waals surface area (Å²) in [7, 11) is 0. The Labute approximate surface area is 109 Å². The molecule has 6 heteroatoms. The lowest BCUT2D eigenvalue weighted by Crippen LogP contribution is -2.29. The molecule has 2 aromatic rings. The molecule has 0 aliphatic carbocycles. The predicted molar refractivity (Wildman–Crippen MR) is 72.7 cm³/mol. The van der Waals surface area contributed by atoms with Crippen LogP contribution in [0.2, 0.25) is 0 Å². The highest BCUT2D eigenvalue weighted by Crippen LogP contribution is 2.23. The molecule has 0 unspecified atom stereocenters. The molecule has 2 heterocycles. The van der Waals surface area contributed by atoms with Gasteiger partial charge in [-0.25, -0.2) is 9.78 Å². The third-order valence-electron chi connectivity index (χ3n) is 2.22. The molecule has 94 valence electrons. The molecule has 0 radical (unpaired) electrons. The summed E-state index contributed by atoms with van der Waals surface area (Å²) < 4.78 is 0. The van der Waals surface area contributed by atoms with Gasteiger partial charge in [-0.2, -0.15) is 0 Å². The van der Waals surface area contributed by atoms with Crippen molar-refractivity contribution in [1.29, 1.82) is 0 Å². The average molecular weight is 262 g/mol. The van der Waals surface area contributed by atoms with Crippen LogP contribution in [0, 0.1) is 0 Å².